The second-order valence-electron chi connectivity index (χ2n) is 5.15. The minimum absolute atomic E-state index is 0.400. The van der Waals surface area contributed by atoms with E-state index in [4.69, 9.17) is 0 Å². The molecule has 3 rings (SSSR count). The third kappa shape index (κ3) is 1.95. The molecule has 1 aliphatic rings. The average molecular weight is 237 g/mol. The van der Waals surface area contributed by atoms with Crippen molar-refractivity contribution in [1.82, 2.24) is 4.90 Å². The van der Waals surface area contributed by atoms with Gasteiger partial charge in [-0.25, -0.2) is 0 Å². The lowest BCUT2D eigenvalue weighted by Gasteiger charge is -2.20. The Morgan fingerprint density at radius 1 is 0.722 bits per heavy atom. The van der Waals surface area contributed by atoms with E-state index in [2.05, 4.69) is 79.4 Å². The summed E-state index contributed by atoms with van der Waals surface area (Å²) in [6.45, 7) is 4.62. The Labute approximate surface area is 109 Å². The molecular formula is C17H19N. The van der Waals surface area contributed by atoms with E-state index < -0.39 is 0 Å². The predicted molar refractivity (Wildman–Crippen MR) is 75.5 cm³/mol. The minimum Gasteiger partial charge on any atom is -0.284 e. The monoisotopic (exact) mass is 237 g/mol. The maximum atomic E-state index is 2.57. The van der Waals surface area contributed by atoms with Crippen molar-refractivity contribution >= 4 is 0 Å². The summed E-state index contributed by atoms with van der Waals surface area (Å²) >= 11 is 0. The van der Waals surface area contributed by atoms with Crippen LogP contribution in [0.4, 0.5) is 0 Å². The zero-order valence-electron chi connectivity index (χ0n) is 11.0. The van der Waals surface area contributed by atoms with Crippen LogP contribution in [0, 0.1) is 0 Å². The number of hydrogen-bond donors (Lipinski definition) is 0. The summed E-state index contributed by atoms with van der Waals surface area (Å²) < 4.78 is 0. The van der Waals surface area contributed by atoms with Gasteiger partial charge in [-0.1, -0.05) is 60.7 Å². The summed E-state index contributed by atoms with van der Waals surface area (Å²) in [6.07, 6.45) is 0. The van der Waals surface area contributed by atoms with E-state index in [1.54, 1.807) is 0 Å². The van der Waals surface area contributed by atoms with Gasteiger partial charge >= 0.3 is 0 Å². The van der Waals surface area contributed by atoms with Crippen molar-refractivity contribution in [3.05, 3.63) is 71.8 Å². The molecule has 1 heterocycles. The van der Waals surface area contributed by atoms with Gasteiger partial charge in [-0.2, -0.15) is 0 Å². The molecule has 1 aliphatic heterocycles. The Morgan fingerprint density at radius 3 is 1.44 bits per heavy atom. The summed E-state index contributed by atoms with van der Waals surface area (Å²) in [7, 11) is 0. The molecule has 1 nitrogen and oxygen atoms in total. The molecule has 18 heavy (non-hydrogen) atoms. The van der Waals surface area contributed by atoms with Crippen LogP contribution < -0.4 is 0 Å². The summed E-state index contributed by atoms with van der Waals surface area (Å²) in [4.78, 5) is 2.57. The lowest BCUT2D eigenvalue weighted by atomic mass is 9.98. The van der Waals surface area contributed by atoms with Crippen molar-refractivity contribution in [3.63, 3.8) is 0 Å². The van der Waals surface area contributed by atoms with E-state index in [0.717, 1.165) is 0 Å². The predicted octanol–water partition coefficient (Wildman–Crippen LogP) is 3.87. The van der Waals surface area contributed by atoms with E-state index in [9.17, 15) is 0 Å². The Morgan fingerprint density at radius 2 is 1.11 bits per heavy atom. The molecule has 1 unspecified atom stereocenters. The van der Waals surface area contributed by atoms with Crippen molar-refractivity contribution < 1.29 is 0 Å². The molecule has 0 aliphatic carbocycles. The first-order chi connectivity index (χ1) is 8.79. The molecule has 0 spiro atoms. The summed E-state index contributed by atoms with van der Waals surface area (Å²) in [5, 5.41) is 0. The van der Waals surface area contributed by atoms with E-state index >= 15 is 0 Å². The maximum Gasteiger partial charge on any atom is 0.0607 e. The molecule has 2 aromatic carbocycles. The zero-order chi connectivity index (χ0) is 12.5. The van der Waals surface area contributed by atoms with Gasteiger partial charge in [0.1, 0.15) is 0 Å². The fourth-order valence-electron chi connectivity index (χ4n) is 2.81. The van der Waals surface area contributed by atoms with Crippen molar-refractivity contribution in [2.75, 3.05) is 0 Å². The average Bonchev–Trinajstić information content (AvgIpc) is 3.01. The summed E-state index contributed by atoms with van der Waals surface area (Å²) in [6, 6.07) is 23.4. The van der Waals surface area contributed by atoms with Gasteiger partial charge < -0.3 is 0 Å². The molecule has 3 atom stereocenters. The van der Waals surface area contributed by atoms with Crippen molar-refractivity contribution in [3.8, 4) is 0 Å². The van der Waals surface area contributed by atoms with Crippen LogP contribution in [-0.2, 0) is 0 Å². The molecule has 92 valence electrons. The molecule has 0 saturated carbocycles. The van der Waals surface area contributed by atoms with Gasteiger partial charge in [-0.3, -0.25) is 4.90 Å². The van der Waals surface area contributed by atoms with Crippen LogP contribution in [0.2, 0.25) is 0 Å². The van der Waals surface area contributed by atoms with Crippen LogP contribution in [0.15, 0.2) is 60.7 Å². The first-order valence-electron chi connectivity index (χ1n) is 6.66. The fraction of sp³-hybridized carbons (Fsp3) is 0.294. The number of nitrogens with zero attached hydrogens (tertiary/aromatic N) is 1. The van der Waals surface area contributed by atoms with Gasteiger partial charge in [0.25, 0.3) is 0 Å². The standard InChI is InChI=1S/C17H19N/c1-13-14(2)18(13)17(15-9-5-3-6-10-15)16-11-7-4-8-12-16/h3-14,17H,1-2H3/t13-,14+,18?. The fourth-order valence-corrected chi connectivity index (χ4v) is 2.81. The largest absolute Gasteiger partial charge is 0.284 e. The highest BCUT2D eigenvalue weighted by molar-refractivity contribution is 5.34. The molecule has 0 bridgehead atoms. The number of benzene rings is 2. The molecule has 0 aromatic heterocycles. The first-order valence-corrected chi connectivity index (χ1v) is 6.66. The molecule has 1 heteroatoms. The van der Waals surface area contributed by atoms with Gasteiger partial charge in [-0.05, 0) is 25.0 Å². The maximum absolute atomic E-state index is 2.57. The smallest absolute Gasteiger partial charge is 0.0607 e. The summed E-state index contributed by atoms with van der Waals surface area (Å²) in [5.74, 6) is 0. The highest BCUT2D eigenvalue weighted by Crippen LogP contribution is 2.41. The van der Waals surface area contributed by atoms with E-state index in [0.29, 0.717) is 18.1 Å². The van der Waals surface area contributed by atoms with Crippen molar-refractivity contribution in [2.24, 2.45) is 0 Å². The van der Waals surface area contributed by atoms with Crippen LogP contribution in [0.1, 0.15) is 31.0 Å². The normalized spacial score (nSPS) is 26.3. The number of hydrogen-bond acceptors (Lipinski definition) is 1. The molecule has 0 N–H and O–H groups in total. The number of rotatable bonds is 3. The van der Waals surface area contributed by atoms with Gasteiger partial charge in [0.2, 0.25) is 0 Å². The van der Waals surface area contributed by atoms with Crippen molar-refractivity contribution in [2.45, 2.75) is 32.0 Å². The lowest BCUT2D eigenvalue weighted by Crippen LogP contribution is -2.14. The van der Waals surface area contributed by atoms with Gasteiger partial charge in [-0.15, -0.1) is 0 Å². The third-order valence-corrected chi connectivity index (χ3v) is 4.08. The van der Waals surface area contributed by atoms with Crippen LogP contribution >= 0.6 is 0 Å². The zero-order valence-corrected chi connectivity index (χ0v) is 11.0. The molecule has 2 aromatic rings. The van der Waals surface area contributed by atoms with E-state index in [-0.39, 0.29) is 0 Å². The molecule has 0 amide bonds. The van der Waals surface area contributed by atoms with E-state index in [1.807, 2.05) is 0 Å². The van der Waals surface area contributed by atoms with Gasteiger partial charge in [0.05, 0.1) is 6.04 Å². The Kier molecular flexibility index (Phi) is 2.92. The topological polar surface area (TPSA) is 3.01 Å². The Hall–Kier alpha value is -1.60. The van der Waals surface area contributed by atoms with Crippen LogP contribution in [0.5, 0.6) is 0 Å². The Balaban J connectivity index is 2.00. The first kappa shape index (κ1) is 11.5. The van der Waals surface area contributed by atoms with Crippen LogP contribution in [0.25, 0.3) is 0 Å². The van der Waals surface area contributed by atoms with Crippen molar-refractivity contribution in [1.29, 1.82) is 0 Å². The second-order valence-corrected chi connectivity index (χ2v) is 5.15. The van der Waals surface area contributed by atoms with Crippen LogP contribution in [0.3, 0.4) is 0 Å². The quantitative estimate of drug-likeness (QED) is 0.732. The molecule has 1 saturated heterocycles. The Bertz CT molecular complexity index is 458. The lowest BCUT2D eigenvalue weighted by molar-refractivity contribution is 0.417. The SMILES string of the molecule is C[C@@H]1[C@H](C)N1C(c1ccccc1)c1ccccc1. The third-order valence-electron chi connectivity index (χ3n) is 4.08. The molecule has 0 radical (unpaired) electrons. The molecule has 1 fully saturated rings. The van der Waals surface area contributed by atoms with Gasteiger partial charge in [0.15, 0.2) is 0 Å². The molecular weight excluding hydrogens is 218 g/mol. The highest BCUT2D eigenvalue weighted by atomic mass is 15.4. The van der Waals surface area contributed by atoms with Crippen LogP contribution in [-0.4, -0.2) is 17.0 Å². The minimum atomic E-state index is 0.400. The van der Waals surface area contributed by atoms with E-state index in [1.165, 1.54) is 11.1 Å². The highest BCUT2D eigenvalue weighted by Gasteiger charge is 2.45. The van der Waals surface area contributed by atoms with Gasteiger partial charge in [0, 0.05) is 12.1 Å². The second kappa shape index (κ2) is 4.58. The summed E-state index contributed by atoms with van der Waals surface area (Å²) in [5.41, 5.74) is 2.78.